The lowest BCUT2D eigenvalue weighted by atomic mass is 10.2. The van der Waals surface area contributed by atoms with Crippen LogP contribution in [-0.4, -0.2) is 37.6 Å². The van der Waals surface area contributed by atoms with Crippen LogP contribution < -0.4 is 4.90 Å². The summed E-state index contributed by atoms with van der Waals surface area (Å²) in [6.07, 6.45) is 0. The van der Waals surface area contributed by atoms with E-state index in [4.69, 9.17) is 11.6 Å². The van der Waals surface area contributed by atoms with E-state index in [1.165, 1.54) is 0 Å². The van der Waals surface area contributed by atoms with Crippen molar-refractivity contribution in [2.45, 2.75) is 18.2 Å². The zero-order valence-corrected chi connectivity index (χ0v) is 13.3. The van der Waals surface area contributed by atoms with Gasteiger partial charge in [-0.05, 0) is 17.7 Å². The van der Waals surface area contributed by atoms with E-state index in [0.717, 1.165) is 23.5 Å². The SMILES string of the molecule is CCS(=O)(=O)C1CSCCN1c1ccc(CCl)cc1. The molecule has 19 heavy (non-hydrogen) atoms. The van der Waals surface area contributed by atoms with Crippen molar-refractivity contribution in [3.8, 4) is 0 Å². The Morgan fingerprint density at radius 3 is 2.63 bits per heavy atom. The third kappa shape index (κ3) is 3.38. The highest BCUT2D eigenvalue weighted by Crippen LogP contribution is 2.27. The summed E-state index contributed by atoms with van der Waals surface area (Å²) in [7, 11) is -3.06. The largest absolute Gasteiger partial charge is 0.353 e. The smallest absolute Gasteiger partial charge is 0.171 e. The molecule has 106 valence electrons. The zero-order valence-electron chi connectivity index (χ0n) is 10.9. The molecule has 1 unspecified atom stereocenters. The van der Waals surface area contributed by atoms with E-state index >= 15 is 0 Å². The fourth-order valence-corrected chi connectivity index (χ4v) is 5.31. The molecule has 2 rings (SSSR count). The average Bonchev–Trinajstić information content (AvgIpc) is 2.47. The lowest BCUT2D eigenvalue weighted by molar-refractivity contribution is 0.579. The summed E-state index contributed by atoms with van der Waals surface area (Å²) in [5, 5.41) is -0.405. The second kappa shape index (κ2) is 6.37. The summed E-state index contributed by atoms with van der Waals surface area (Å²) in [5.41, 5.74) is 2.02. The highest BCUT2D eigenvalue weighted by Gasteiger charge is 2.32. The van der Waals surface area contributed by atoms with Gasteiger partial charge in [0, 0.05) is 35.4 Å². The molecule has 0 aliphatic carbocycles. The molecule has 0 spiro atoms. The van der Waals surface area contributed by atoms with E-state index in [1.54, 1.807) is 18.7 Å². The Morgan fingerprint density at radius 1 is 1.37 bits per heavy atom. The van der Waals surface area contributed by atoms with Crippen LogP contribution >= 0.6 is 23.4 Å². The van der Waals surface area contributed by atoms with Crippen molar-refractivity contribution in [1.82, 2.24) is 0 Å². The molecule has 1 aliphatic heterocycles. The third-order valence-corrected chi connectivity index (χ3v) is 6.92. The average molecular weight is 320 g/mol. The van der Waals surface area contributed by atoms with Crippen molar-refractivity contribution in [3.05, 3.63) is 29.8 Å². The van der Waals surface area contributed by atoms with Crippen molar-refractivity contribution in [3.63, 3.8) is 0 Å². The molecule has 0 aromatic heterocycles. The number of rotatable bonds is 4. The van der Waals surface area contributed by atoms with E-state index < -0.39 is 15.2 Å². The minimum absolute atomic E-state index is 0.189. The molecule has 0 amide bonds. The number of hydrogen-bond acceptors (Lipinski definition) is 4. The van der Waals surface area contributed by atoms with E-state index in [9.17, 15) is 8.42 Å². The maximum Gasteiger partial charge on any atom is 0.171 e. The fraction of sp³-hybridized carbons (Fsp3) is 0.538. The molecule has 3 nitrogen and oxygen atoms in total. The molecule has 0 bridgehead atoms. The number of thioether (sulfide) groups is 1. The maximum atomic E-state index is 12.2. The quantitative estimate of drug-likeness (QED) is 0.800. The summed E-state index contributed by atoms with van der Waals surface area (Å²) in [6, 6.07) is 7.84. The lowest BCUT2D eigenvalue weighted by Crippen LogP contribution is -2.48. The highest BCUT2D eigenvalue weighted by atomic mass is 35.5. The number of alkyl halides is 1. The summed E-state index contributed by atoms with van der Waals surface area (Å²) < 4.78 is 24.4. The van der Waals surface area contributed by atoms with Crippen LogP contribution in [0.25, 0.3) is 0 Å². The monoisotopic (exact) mass is 319 g/mol. The molecular weight excluding hydrogens is 302 g/mol. The van der Waals surface area contributed by atoms with Gasteiger partial charge in [-0.25, -0.2) is 8.42 Å². The van der Waals surface area contributed by atoms with Gasteiger partial charge in [-0.15, -0.1) is 11.6 Å². The Labute approximate surface area is 124 Å². The molecule has 0 saturated carbocycles. The number of sulfone groups is 1. The van der Waals surface area contributed by atoms with Crippen LogP contribution in [0, 0.1) is 0 Å². The number of benzene rings is 1. The predicted octanol–water partition coefficient (Wildman–Crippen LogP) is 2.74. The van der Waals surface area contributed by atoms with Crippen LogP contribution in [0.4, 0.5) is 5.69 Å². The van der Waals surface area contributed by atoms with Gasteiger partial charge in [0.05, 0.1) is 0 Å². The molecule has 1 aromatic carbocycles. The minimum atomic E-state index is -3.06. The van der Waals surface area contributed by atoms with Crippen molar-refractivity contribution in [2.24, 2.45) is 0 Å². The lowest BCUT2D eigenvalue weighted by Gasteiger charge is -2.36. The van der Waals surface area contributed by atoms with Crippen LogP contribution in [0.15, 0.2) is 24.3 Å². The number of halogens is 1. The van der Waals surface area contributed by atoms with Gasteiger partial charge in [-0.1, -0.05) is 19.1 Å². The van der Waals surface area contributed by atoms with Gasteiger partial charge in [0.25, 0.3) is 0 Å². The molecule has 1 fully saturated rings. The first-order valence-electron chi connectivity index (χ1n) is 6.29. The van der Waals surface area contributed by atoms with Gasteiger partial charge in [0.15, 0.2) is 9.84 Å². The van der Waals surface area contributed by atoms with Crippen LogP contribution in [0.5, 0.6) is 0 Å². The van der Waals surface area contributed by atoms with Crippen molar-refractivity contribution in [1.29, 1.82) is 0 Å². The van der Waals surface area contributed by atoms with Crippen molar-refractivity contribution >= 4 is 38.9 Å². The van der Waals surface area contributed by atoms with Crippen LogP contribution in [0.1, 0.15) is 12.5 Å². The van der Waals surface area contributed by atoms with Gasteiger partial charge < -0.3 is 4.90 Å². The molecule has 1 saturated heterocycles. The van der Waals surface area contributed by atoms with Gasteiger partial charge in [-0.3, -0.25) is 0 Å². The third-order valence-electron chi connectivity index (χ3n) is 3.32. The number of nitrogens with zero attached hydrogens (tertiary/aromatic N) is 1. The van der Waals surface area contributed by atoms with Gasteiger partial charge in [0.1, 0.15) is 5.37 Å². The molecule has 1 aliphatic rings. The first-order valence-corrected chi connectivity index (χ1v) is 9.70. The van der Waals surface area contributed by atoms with Gasteiger partial charge in [0.2, 0.25) is 0 Å². The van der Waals surface area contributed by atoms with Crippen LogP contribution in [0.2, 0.25) is 0 Å². The number of hydrogen-bond donors (Lipinski definition) is 0. The van der Waals surface area contributed by atoms with E-state index in [1.807, 2.05) is 29.2 Å². The second-order valence-electron chi connectivity index (χ2n) is 4.47. The standard InChI is InChI=1S/C13H18ClNO2S2/c1-2-19(16,17)13-10-18-8-7-15(13)12-5-3-11(9-14)4-6-12/h3-6,13H,2,7-10H2,1H3. The normalized spacial score (nSPS) is 20.5. The first-order chi connectivity index (χ1) is 9.08. The van der Waals surface area contributed by atoms with Crippen LogP contribution in [-0.2, 0) is 15.7 Å². The Bertz CT molecular complexity index is 516. The van der Waals surface area contributed by atoms with E-state index in [2.05, 4.69) is 0 Å². The minimum Gasteiger partial charge on any atom is -0.353 e. The highest BCUT2D eigenvalue weighted by molar-refractivity contribution is 8.01. The molecule has 1 aromatic rings. The zero-order chi connectivity index (χ0) is 13.9. The van der Waals surface area contributed by atoms with Crippen molar-refractivity contribution in [2.75, 3.05) is 28.7 Å². The molecule has 1 heterocycles. The second-order valence-corrected chi connectivity index (χ2v) is 8.34. The Balaban J connectivity index is 2.28. The maximum absolute atomic E-state index is 12.2. The fourth-order valence-electron chi connectivity index (χ4n) is 2.14. The van der Waals surface area contributed by atoms with Gasteiger partial charge >= 0.3 is 0 Å². The van der Waals surface area contributed by atoms with E-state index in [0.29, 0.717) is 11.6 Å². The molecule has 0 N–H and O–H groups in total. The van der Waals surface area contributed by atoms with Crippen LogP contribution in [0.3, 0.4) is 0 Å². The molecule has 6 heteroatoms. The molecule has 1 atom stereocenters. The summed E-state index contributed by atoms with van der Waals surface area (Å²) in [5.74, 6) is 2.28. The Morgan fingerprint density at radius 2 is 2.05 bits per heavy atom. The topological polar surface area (TPSA) is 37.4 Å². The van der Waals surface area contributed by atoms with E-state index in [-0.39, 0.29) is 5.75 Å². The number of anilines is 1. The molecular formula is C13H18ClNO2S2. The summed E-state index contributed by atoms with van der Waals surface area (Å²) in [6.45, 7) is 2.48. The summed E-state index contributed by atoms with van der Waals surface area (Å²) >= 11 is 7.49. The first kappa shape index (κ1) is 15.0. The van der Waals surface area contributed by atoms with Crippen molar-refractivity contribution < 1.29 is 8.42 Å². The summed E-state index contributed by atoms with van der Waals surface area (Å²) in [4.78, 5) is 2.01. The predicted molar refractivity (Wildman–Crippen MR) is 83.9 cm³/mol. The Hall–Kier alpha value is -0.390. The van der Waals surface area contributed by atoms with Gasteiger partial charge in [-0.2, -0.15) is 11.8 Å². The molecule has 0 radical (unpaired) electrons. The Kier molecular flexibility index (Phi) is 5.03.